The van der Waals surface area contributed by atoms with Gasteiger partial charge in [0, 0.05) is 32.3 Å². The summed E-state index contributed by atoms with van der Waals surface area (Å²) < 4.78 is 27.6. The Morgan fingerprint density at radius 2 is 1.79 bits per heavy atom. The zero-order valence-electron chi connectivity index (χ0n) is 18.2. The summed E-state index contributed by atoms with van der Waals surface area (Å²) in [4.78, 5) is 9.16. The van der Waals surface area contributed by atoms with E-state index in [1.165, 1.54) is 34.9 Å². The maximum absolute atomic E-state index is 14.2. The van der Waals surface area contributed by atoms with Crippen LogP contribution in [-0.4, -0.2) is 16.2 Å². The molecule has 0 aliphatic carbocycles. The highest BCUT2D eigenvalue weighted by Crippen LogP contribution is 2.37. The van der Waals surface area contributed by atoms with Crippen LogP contribution in [0.5, 0.6) is 0 Å². The number of imidazole rings is 1. The summed E-state index contributed by atoms with van der Waals surface area (Å²) in [6.45, 7) is 2.16. The average molecular weight is 501 g/mol. The molecule has 1 N–H and O–H groups in total. The van der Waals surface area contributed by atoms with E-state index < -0.39 is 5.41 Å². The molecule has 33 heavy (non-hydrogen) atoms. The van der Waals surface area contributed by atoms with E-state index in [1.54, 1.807) is 23.9 Å². The fourth-order valence-electron chi connectivity index (χ4n) is 3.80. The first-order valence-electron chi connectivity index (χ1n) is 10.4. The van der Waals surface area contributed by atoms with Crippen LogP contribution in [0.15, 0.2) is 83.0 Å². The second kappa shape index (κ2) is 10.3. The van der Waals surface area contributed by atoms with Gasteiger partial charge in [0.15, 0.2) is 5.16 Å². The molecular formula is C26H23ClF2N2S2. The normalized spacial score (nSPS) is 13.1. The second-order valence-corrected chi connectivity index (χ2v) is 10.2. The third-order valence-electron chi connectivity index (χ3n) is 5.74. The molecule has 0 spiro atoms. The molecule has 0 saturated carbocycles. The van der Waals surface area contributed by atoms with Crippen LogP contribution in [0.4, 0.5) is 8.78 Å². The quantitative estimate of drug-likeness (QED) is 0.249. The predicted molar refractivity (Wildman–Crippen MR) is 134 cm³/mol. The SMILES string of the molecule is CSc1cccc(C(C)(Cc2ccc(F)cc2)c2cnc(SCc3c(F)cccc3Cl)[nH]2)c1. The van der Waals surface area contributed by atoms with Crippen molar-refractivity contribution in [2.45, 2.75) is 34.6 Å². The van der Waals surface area contributed by atoms with E-state index in [4.69, 9.17) is 11.6 Å². The summed E-state index contributed by atoms with van der Waals surface area (Å²) in [5, 5.41) is 1.10. The number of hydrogen-bond donors (Lipinski definition) is 1. The Hall–Kier alpha value is -2.28. The third-order valence-corrected chi connectivity index (χ3v) is 7.73. The van der Waals surface area contributed by atoms with Crippen LogP contribution in [0.1, 0.15) is 29.3 Å². The molecule has 0 saturated heterocycles. The van der Waals surface area contributed by atoms with Crippen LogP contribution in [0, 0.1) is 11.6 Å². The fourth-order valence-corrected chi connectivity index (χ4v) is 5.45. The van der Waals surface area contributed by atoms with Crippen molar-refractivity contribution < 1.29 is 8.78 Å². The molecule has 3 aromatic carbocycles. The summed E-state index contributed by atoms with van der Waals surface area (Å²) in [5.41, 5.74) is 3.13. The molecule has 0 amide bonds. The molecule has 1 atom stereocenters. The third kappa shape index (κ3) is 5.45. The lowest BCUT2D eigenvalue weighted by atomic mass is 9.75. The van der Waals surface area contributed by atoms with Crippen molar-refractivity contribution in [1.29, 1.82) is 0 Å². The molecule has 0 bridgehead atoms. The summed E-state index contributed by atoms with van der Waals surface area (Å²) in [6, 6.07) is 19.7. The Bertz CT molecular complexity index is 1220. The first-order chi connectivity index (χ1) is 15.9. The Labute approximate surface area is 206 Å². The Morgan fingerprint density at radius 3 is 2.52 bits per heavy atom. The van der Waals surface area contributed by atoms with Gasteiger partial charge in [0.1, 0.15) is 11.6 Å². The summed E-state index contributed by atoms with van der Waals surface area (Å²) >= 11 is 9.26. The van der Waals surface area contributed by atoms with E-state index in [1.807, 2.05) is 18.3 Å². The maximum atomic E-state index is 14.2. The van der Waals surface area contributed by atoms with Crippen molar-refractivity contribution in [3.63, 3.8) is 0 Å². The van der Waals surface area contributed by atoms with Gasteiger partial charge in [0.25, 0.3) is 0 Å². The zero-order valence-corrected chi connectivity index (χ0v) is 20.6. The van der Waals surface area contributed by atoms with Gasteiger partial charge < -0.3 is 4.98 Å². The van der Waals surface area contributed by atoms with E-state index in [0.29, 0.717) is 27.9 Å². The molecule has 170 valence electrons. The largest absolute Gasteiger partial charge is 0.336 e. The van der Waals surface area contributed by atoms with Gasteiger partial charge in [-0.1, -0.05) is 53.7 Å². The van der Waals surface area contributed by atoms with E-state index in [9.17, 15) is 8.78 Å². The number of nitrogens with zero attached hydrogens (tertiary/aromatic N) is 1. The number of benzene rings is 3. The highest BCUT2D eigenvalue weighted by molar-refractivity contribution is 7.98. The molecule has 4 rings (SSSR count). The Morgan fingerprint density at radius 1 is 1.03 bits per heavy atom. The molecule has 1 heterocycles. The highest BCUT2D eigenvalue weighted by Gasteiger charge is 2.32. The number of thioether (sulfide) groups is 2. The van der Waals surface area contributed by atoms with Crippen LogP contribution >= 0.6 is 35.1 Å². The molecule has 0 aliphatic heterocycles. The molecule has 2 nitrogen and oxygen atoms in total. The summed E-state index contributed by atoms with van der Waals surface area (Å²) in [7, 11) is 0. The number of aromatic amines is 1. The van der Waals surface area contributed by atoms with Crippen molar-refractivity contribution >= 4 is 35.1 Å². The molecule has 1 aromatic heterocycles. The lowest BCUT2D eigenvalue weighted by molar-refractivity contribution is 0.546. The smallest absolute Gasteiger partial charge is 0.165 e. The van der Waals surface area contributed by atoms with Gasteiger partial charge in [-0.2, -0.15) is 0 Å². The van der Waals surface area contributed by atoms with Gasteiger partial charge in [-0.3, -0.25) is 0 Å². The van der Waals surface area contributed by atoms with Crippen molar-refractivity contribution in [2.75, 3.05) is 6.26 Å². The molecular weight excluding hydrogens is 478 g/mol. The standard InChI is InChI=1S/C26H23ClF2N2S2/c1-26(14-17-9-11-19(28)12-10-17,18-5-3-6-20(13-18)32-2)24-15-30-25(31-24)33-16-21-22(27)7-4-8-23(21)29/h3-13,15H,14,16H2,1-2H3,(H,30,31). The number of aromatic nitrogens is 2. The van der Waals surface area contributed by atoms with Crippen LogP contribution in [0.3, 0.4) is 0 Å². The average Bonchev–Trinajstić information content (AvgIpc) is 3.30. The second-order valence-electron chi connectivity index (χ2n) is 7.96. The highest BCUT2D eigenvalue weighted by atomic mass is 35.5. The van der Waals surface area contributed by atoms with Crippen LogP contribution in [0.2, 0.25) is 5.02 Å². The van der Waals surface area contributed by atoms with Crippen molar-refractivity contribution in [2.24, 2.45) is 0 Å². The number of hydrogen-bond acceptors (Lipinski definition) is 3. The van der Waals surface area contributed by atoms with Crippen LogP contribution < -0.4 is 0 Å². The minimum Gasteiger partial charge on any atom is -0.336 e. The summed E-state index contributed by atoms with van der Waals surface area (Å²) in [6.07, 6.45) is 4.55. The molecule has 0 radical (unpaired) electrons. The van der Waals surface area contributed by atoms with E-state index in [2.05, 4.69) is 47.4 Å². The van der Waals surface area contributed by atoms with E-state index in [0.717, 1.165) is 16.8 Å². The van der Waals surface area contributed by atoms with Crippen LogP contribution in [0.25, 0.3) is 0 Å². The molecule has 0 fully saturated rings. The van der Waals surface area contributed by atoms with Gasteiger partial charge in [0.05, 0.1) is 6.20 Å². The molecule has 7 heteroatoms. The van der Waals surface area contributed by atoms with Gasteiger partial charge in [-0.25, -0.2) is 13.8 Å². The number of H-pyrrole nitrogens is 1. The Balaban J connectivity index is 1.66. The number of halogens is 3. The lowest BCUT2D eigenvalue weighted by Crippen LogP contribution is -2.27. The van der Waals surface area contributed by atoms with Gasteiger partial charge in [-0.15, -0.1) is 11.8 Å². The van der Waals surface area contributed by atoms with E-state index in [-0.39, 0.29) is 11.6 Å². The first kappa shape index (κ1) is 23.9. The number of nitrogens with one attached hydrogen (secondary N) is 1. The van der Waals surface area contributed by atoms with Gasteiger partial charge in [-0.05, 0) is 67.1 Å². The fraction of sp³-hybridized carbons (Fsp3) is 0.192. The van der Waals surface area contributed by atoms with E-state index >= 15 is 0 Å². The lowest BCUT2D eigenvalue weighted by Gasteiger charge is -2.30. The monoisotopic (exact) mass is 500 g/mol. The van der Waals surface area contributed by atoms with Crippen molar-refractivity contribution in [1.82, 2.24) is 9.97 Å². The maximum Gasteiger partial charge on any atom is 0.165 e. The van der Waals surface area contributed by atoms with Crippen LogP contribution in [-0.2, 0) is 17.6 Å². The molecule has 0 aliphatic rings. The first-order valence-corrected chi connectivity index (χ1v) is 13.0. The van der Waals surface area contributed by atoms with Gasteiger partial charge >= 0.3 is 0 Å². The Kier molecular flexibility index (Phi) is 7.47. The minimum absolute atomic E-state index is 0.253. The van der Waals surface area contributed by atoms with Crippen molar-refractivity contribution in [3.8, 4) is 0 Å². The minimum atomic E-state index is -0.426. The molecule has 4 aromatic rings. The summed E-state index contributed by atoms with van der Waals surface area (Å²) in [5.74, 6) is -0.205. The molecule has 1 unspecified atom stereocenters. The number of rotatable bonds is 8. The topological polar surface area (TPSA) is 28.7 Å². The zero-order chi connectivity index (χ0) is 23.4. The predicted octanol–water partition coefficient (Wildman–Crippen LogP) is 7.90. The van der Waals surface area contributed by atoms with Crippen molar-refractivity contribution in [3.05, 3.63) is 112 Å². The van der Waals surface area contributed by atoms with Gasteiger partial charge in [0.2, 0.25) is 0 Å².